The predicted molar refractivity (Wildman–Crippen MR) is 133 cm³/mol. The molecule has 3 rings (SSSR count). The third kappa shape index (κ3) is 8.67. The molecule has 1 N–H and O–H groups in total. The van der Waals surface area contributed by atoms with Gasteiger partial charge in [-0.2, -0.15) is 0 Å². The minimum absolute atomic E-state index is 0.0603. The minimum Gasteiger partial charge on any atom is -0.481 e. The van der Waals surface area contributed by atoms with Crippen LogP contribution in [0.25, 0.3) is 0 Å². The van der Waals surface area contributed by atoms with Crippen LogP contribution in [0.15, 0.2) is 60.7 Å². The molecule has 0 unspecified atom stereocenters. The van der Waals surface area contributed by atoms with Crippen LogP contribution in [0.3, 0.4) is 0 Å². The summed E-state index contributed by atoms with van der Waals surface area (Å²) in [6.07, 6.45) is 1.94. The van der Waals surface area contributed by atoms with Gasteiger partial charge in [0.15, 0.2) is 0 Å². The lowest BCUT2D eigenvalue weighted by Crippen LogP contribution is -2.43. The Morgan fingerprint density at radius 2 is 1.46 bits per heavy atom. The van der Waals surface area contributed by atoms with Crippen molar-refractivity contribution in [3.63, 3.8) is 0 Å². The molecule has 3 atom stereocenters. The summed E-state index contributed by atoms with van der Waals surface area (Å²) in [5.41, 5.74) is 2.07. The van der Waals surface area contributed by atoms with Gasteiger partial charge >= 0.3 is 12.1 Å². The average Bonchev–Trinajstić information content (AvgIpc) is 3.23. The second-order valence-corrected chi connectivity index (χ2v) is 8.77. The first-order valence-corrected chi connectivity index (χ1v) is 12.1. The van der Waals surface area contributed by atoms with Crippen molar-refractivity contribution >= 4 is 23.8 Å². The van der Waals surface area contributed by atoms with E-state index in [0.717, 1.165) is 11.1 Å². The van der Waals surface area contributed by atoms with E-state index in [9.17, 15) is 19.2 Å². The Bertz CT molecular complexity index is 975. The molecule has 0 saturated carbocycles. The van der Waals surface area contributed by atoms with Crippen molar-refractivity contribution in [2.75, 3.05) is 6.61 Å². The van der Waals surface area contributed by atoms with E-state index in [2.05, 4.69) is 0 Å². The Kier molecular flexibility index (Phi) is 11.1. The van der Waals surface area contributed by atoms with Gasteiger partial charge in [0.2, 0.25) is 5.91 Å². The van der Waals surface area contributed by atoms with Gasteiger partial charge < -0.3 is 14.6 Å². The van der Waals surface area contributed by atoms with Crippen molar-refractivity contribution in [2.45, 2.75) is 58.9 Å². The summed E-state index contributed by atoms with van der Waals surface area (Å²) in [6.45, 7) is 5.51. The largest absolute Gasteiger partial charge is 0.481 e. The van der Waals surface area contributed by atoms with E-state index in [0.29, 0.717) is 25.7 Å². The first kappa shape index (κ1) is 27.8. The summed E-state index contributed by atoms with van der Waals surface area (Å²) in [4.78, 5) is 48.0. The number of nitrogens with zero attached hydrogens (tertiary/aromatic N) is 1. The number of rotatable bonds is 10. The van der Waals surface area contributed by atoms with E-state index >= 15 is 0 Å². The fourth-order valence-electron chi connectivity index (χ4n) is 4.02. The molecule has 0 bridgehead atoms. The molecule has 1 aliphatic heterocycles. The number of hydrogen-bond acceptors (Lipinski definition) is 5. The van der Waals surface area contributed by atoms with Gasteiger partial charge in [-0.15, -0.1) is 0 Å². The molecule has 1 aliphatic rings. The Morgan fingerprint density at radius 1 is 0.943 bits per heavy atom. The quantitative estimate of drug-likeness (QED) is 0.517. The molecule has 0 spiro atoms. The van der Waals surface area contributed by atoms with Crippen molar-refractivity contribution in [1.82, 2.24) is 4.90 Å². The fraction of sp³-hybridized carbons (Fsp3) is 0.429. The molecular weight excluding hydrogens is 446 g/mol. The second-order valence-electron chi connectivity index (χ2n) is 8.77. The van der Waals surface area contributed by atoms with E-state index in [1.165, 1.54) is 11.8 Å². The van der Waals surface area contributed by atoms with E-state index < -0.39 is 18.0 Å². The maximum atomic E-state index is 12.7. The minimum atomic E-state index is -0.702. The van der Waals surface area contributed by atoms with Crippen LogP contribution in [-0.4, -0.2) is 46.4 Å². The molecule has 1 fully saturated rings. The number of ketones is 1. The summed E-state index contributed by atoms with van der Waals surface area (Å²) in [5.74, 6) is -1.85. The van der Waals surface area contributed by atoms with Gasteiger partial charge in [0.25, 0.3) is 0 Å². The van der Waals surface area contributed by atoms with Gasteiger partial charge in [0.05, 0.1) is 12.0 Å². The molecular formula is C28H35NO6. The number of ether oxygens (including phenoxy) is 1. The Morgan fingerprint density at radius 3 is 1.89 bits per heavy atom. The lowest BCUT2D eigenvalue weighted by atomic mass is 9.92. The van der Waals surface area contributed by atoms with E-state index in [4.69, 9.17) is 9.84 Å². The van der Waals surface area contributed by atoms with Crippen LogP contribution in [0, 0.1) is 11.8 Å². The number of carbonyl (C=O) groups is 4. The lowest BCUT2D eigenvalue weighted by molar-refractivity contribution is -0.141. The van der Waals surface area contributed by atoms with Gasteiger partial charge in [-0.05, 0) is 43.7 Å². The summed E-state index contributed by atoms with van der Waals surface area (Å²) < 4.78 is 4.98. The summed E-state index contributed by atoms with van der Waals surface area (Å²) in [5, 5.41) is 8.83. The van der Waals surface area contributed by atoms with Crippen LogP contribution in [0.1, 0.15) is 51.2 Å². The molecule has 1 saturated heterocycles. The molecule has 0 aliphatic carbocycles. The molecule has 2 amide bonds. The number of hydrogen-bond donors (Lipinski definition) is 1. The number of benzene rings is 2. The highest BCUT2D eigenvalue weighted by Crippen LogP contribution is 2.23. The number of amides is 2. The third-order valence-corrected chi connectivity index (χ3v) is 6.04. The summed E-state index contributed by atoms with van der Waals surface area (Å²) in [6, 6.07) is 19.0. The van der Waals surface area contributed by atoms with Gasteiger partial charge in [0, 0.05) is 12.3 Å². The van der Waals surface area contributed by atoms with Gasteiger partial charge in [-0.1, -0.05) is 74.5 Å². The normalized spacial score (nSPS) is 16.5. The van der Waals surface area contributed by atoms with Crippen molar-refractivity contribution in [2.24, 2.45) is 11.8 Å². The molecule has 2 aromatic carbocycles. The number of cyclic esters (lactones) is 1. The molecule has 1 heterocycles. The summed E-state index contributed by atoms with van der Waals surface area (Å²) >= 11 is 0. The maximum Gasteiger partial charge on any atom is 0.416 e. The number of aliphatic carboxylic acids is 1. The van der Waals surface area contributed by atoms with Gasteiger partial charge in [-0.25, -0.2) is 9.69 Å². The topological polar surface area (TPSA) is 101 Å². The maximum absolute atomic E-state index is 12.7. The molecule has 35 heavy (non-hydrogen) atoms. The smallest absolute Gasteiger partial charge is 0.416 e. The molecule has 0 radical (unpaired) electrons. The molecule has 188 valence electrons. The van der Waals surface area contributed by atoms with Crippen LogP contribution in [0.5, 0.6) is 0 Å². The highest BCUT2D eigenvalue weighted by atomic mass is 16.6. The Labute approximate surface area is 207 Å². The zero-order valence-corrected chi connectivity index (χ0v) is 20.7. The molecule has 0 aromatic heterocycles. The zero-order chi connectivity index (χ0) is 25.8. The second kappa shape index (κ2) is 14.0. The van der Waals surface area contributed by atoms with Crippen molar-refractivity contribution < 1.29 is 29.0 Å². The third-order valence-electron chi connectivity index (χ3n) is 6.04. The highest BCUT2D eigenvalue weighted by molar-refractivity contribution is 5.96. The van der Waals surface area contributed by atoms with Crippen LogP contribution in [-0.2, 0) is 32.0 Å². The lowest BCUT2D eigenvalue weighted by Gasteiger charge is -2.23. The van der Waals surface area contributed by atoms with Crippen LogP contribution in [0.2, 0.25) is 0 Å². The van der Waals surface area contributed by atoms with Crippen molar-refractivity contribution in [3.8, 4) is 0 Å². The Hall–Kier alpha value is -3.48. The SMILES string of the molecule is CC[C@@H]1COC(=O)N1C(=O)[C@H](CC(C)=O)Cc1ccccc1.CC[C@H](Cc1ccccc1)C(=O)O. The number of carboxylic acids is 1. The zero-order valence-electron chi connectivity index (χ0n) is 20.7. The summed E-state index contributed by atoms with van der Waals surface area (Å²) in [7, 11) is 0. The first-order chi connectivity index (χ1) is 16.8. The van der Waals surface area contributed by atoms with Crippen molar-refractivity contribution in [3.05, 3.63) is 71.8 Å². The molecule has 7 nitrogen and oxygen atoms in total. The van der Waals surface area contributed by atoms with Crippen LogP contribution in [0.4, 0.5) is 4.79 Å². The predicted octanol–water partition coefficient (Wildman–Crippen LogP) is 4.92. The first-order valence-electron chi connectivity index (χ1n) is 12.1. The Balaban J connectivity index is 0.000000283. The number of carboxylic acid groups (broad SMARTS) is 1. The number of carbonyl (C=O) groups excluding carboxylic acids is 3. The highest BCUT2D eigenvalue weighted by Gasteiger charge is 2.40. The van der Waals surface area contributed by atoms with E-state index in [1.807, 2.05) is 74.5 Å². The van der Waals surface area contributed by atoms with E-state index in [-0.39, 0.29) is 36.7 Å². The average molecular weight is 482 g/mol. The molecule has 2 aromatic rings. The molecule has 7 heteroatoms. The van der Waals surface area contributed by atoms with Gasteiger partial charge in [-0.3, -0.25) is 9.59 Å². The monoisotopic (exact) mass is 481 g/mol. The number of imide groups is 1. The van der Waals surface area contributed by atoms with Crippen molar-refractivity contribution in [1.29, 1.82) is 0 Å². The number of Topliss-reactive ketones (excluding diaryl/α,β-unsaturated/α-hetero) is 1. The van der Waals surface area contributed by atoms with Crippen LogP contribution < -0.4 is 0 Å². The van der Waals surface area contributed by atoms with Gasteiger partial charge in [0.1, 0.15) is 12.4 Å². The fourth-order valence-corrected chi connectivity index (χ4v) is 4.02. The standard InChI is InChI=1S/C17H21NO4.C11H14O2/c1-3-15-11-22-17(21)18(15)16(20)14(9-12(2)19)10-13-7-5-4-6-8-13;1-2-10(11(12)13)8-9-6-4-3-5-7-9/h4-8,14-15H,3,9-11H2,1-2H3;3-7,10H,2,8H2,1H3,(H,12,13)/t14-,15-;10-/m11/s1. The van der Waals surface area contributed by atoms with E-state index in [1.54, 1.807) is 0 Å². The van der Waals surface area contributed by atoms with Crippen LogP contribution >= 0.6 is 0 Å².